The number of rotatable bonds is 7. The normalized spacial score (nSPS) is 18.6. The van der Waals surface area contributed by atoms with Crippen molar-refractivity contribution in [2.24, 2.45) is 5.41 Å². The van der Waals surface area contributed by atoms with E-state index in [9.17, 15) is 9.59 Å². The monoisotopic (exact) mass is 258 g/mol. The van der Waals surface area contributed by atoms with E-state index in [0.717, 1.165) is 19.3 Å². The van der Waals surface area contributed by atoms with Crippen molar-refractivity contribution in [1.29, 1.82) is 0 Å². The molecule has 0 aromatic heterocycles. The molecule has 1 atom stereocenters. The summed E-state index contributed by atoms with van der Waals surface area (Å²) >= 11 is 0. The fraction of sp³-hybridized carbons (Fsp3) is 0.833. The molecule has 0 aromatic carbocycles. The van der Waals surface area contributed by atoms with Gasteiger partial charge < -0.3 is 20.8 Å². The Kier molecular flexibility index (Phi) is 5.40. The van der Waals surface area contributed by atoms with Crippen LogP contribution in [0.3, 0.4) is 0 Å². The zero-order chi connectivity index (χ0) is 13.6. The number of carboxylic acids is 1. The summed E-state index contributed by atoms with van der Waals surface area (Å²) in [6.45, 7) is 2.42. The van der Waals surface area contributed by atoms with E-state index in [4.69, 9.17) is 10.2 Å². The predicted octanol–water partition coefficient (Wildman–Crippen LogP) is 0.701. The van der Waals surface area contributed by atoms with Crippen LogP contribution in [0.25, 0.3) is 0 Å². The number of carbonyl (C=O) groups excluding carboxylic acids is 1. The van der Waals surface area contributed by atoms with E-state index in [0.29, 0.717) is 6.54 Å². The lowest BCUT2D eigenvalue weighted by Crippen LogP contribution is -2.50. The molecule has 2 amide bonds. The van der Waals surface area contributed by atoms with E-state index >= 15 is 0 Å². The van der Waals surface area contributed by atoms with E-state index in [1.54, 1.807) is 0 Å². The summed E-state index contributed by atoms with van der Waals surface area (Å²) in [6, 6.07) is -1.51. The van der Waals surface area contributed by atoms with Crippen LogP contribution in [-0.4, -0.2) is 41.4 Å². The van der Waals surface area contributed by atoms with Crippen molar-refractivity contribution in [2.45, 2.75) is 45.1 Å². The van der Waals surface area contributed by atoms with Crippen LogP contribution in [0.15, 0.2) is 0 Å². The first-order chi connectivity index (χ1) is 8.53. The van der Waals surface area contributed by atoms with Crippen molar-refractivity contribution < 1.29 is 19.8 Å². The van der Waals surface area contributed by atoms with Gasteiger partial charge in [-0.25, -0.2) is 9.59 Å². The summed E-state index contributed by atoms with van der Waals surface area (Å²) < 4.78 is 0. The van der Waals surface area contributed by atoms with Gasteiger partial charge in [-0.15, -0.1) is 0 Å². The van der Waals surface area contributed by atoms with E-state index in [2.05, 4.69) is 17.6 Å². The zero-order valence-electron chi connectivity index (χ0n) is 10.7. The zero-order valence-corrected chi connectivity index (χ0v) is 10.7. The second-order valence-electron chi connectivity index (χ2n) is 4.94. The van der Waals surface area contributed by atoms with Crippen molar-refractivity contribution in [1.82, 2.24) is 10.6 Å². The lowest BCUT2D eigenvalue weighted by atomic mass is 9.67. The number of hydrogen-bond donors (Lipinski definition) is 4. The largest absolute Gasteiger partial charge is 0.480 e. The molecule has 4 N–H and O–H groups in total. The second kappa shape index (κ2) is 6.58. The number of aliphatic hydroxyl groups is 1. The van der Waals surface area contributed by atoms with Gasteiger partial charge in [0.25, 0.3) is 0 Å². The molecule has 0 saturated heterocycles. The van der Waals surface area contributed by atoms with Crippen LogP contribution >= 0.6 is 0 Å². The molecule has 18 heavy (non-hydrogen) atoms. The Labute approximate surface area is 107 Å². The van der Waals surface area contributed by atoms with Gasteiger partial charge in [0.05, 0.1) is 0 Å². The quantitative estimate of drug-likeness (QED) is 0.540. The van der Waals surface area contributed by atoms with Crippen molar-refractivity contribution in [2.75, 3.05) is 13.2 Å². The number of nitrogens with one attached hydrogen (secondary N) is 2. The van der Waals surface area contributed by atoms with Crippen LogP contribution < -0.4 is 10.6 Å². The van der Waals surface area contributed by atoms with Gasteiger partial charge in [0.15, 0.2) is 0 Å². The Morgan fingerprint density at radius 2 is 2.06 bits per heavy atom. The van der Waals surface area contributed by atoms with Gasteiger partial charge in [-0.1, -0.05) is 13.3 Å². The fourth-order valence-corrected chi connectivity index (χ4v) is 2.20. The number of carbonyl (C=O) groups is 2. The van der Waals surface area contributed by atoms with Crippen LogP contribution in [0.1, 0.15) is 39.0 Å². The predicted molar refractivity (Wildman–Crippen MR) is 66.2 cm³/mol. The molecule has 0 aromatic rings. The molecule has 104 valence electrons. The summed E-state index contributed by atoms with van der Waals surface area (Å²) in [5.41, 5.74) is 0.201. The maximum atomic E-state index is 11.6. The van der Waals surface area contributed by atoms with Gasteiger partial charge in [0.2, 0.25) is 0 Å². The maximum Gasteiger partial charge on any atom is 0.326 e. The third-order valence-electron chi connectivity index (χ3n) is 3.81. The molecule has 0 aliphatic heterocycles. The third kappa shape index (κ3) is 3.87. The van der Waals surface area contributed by atoms with E-state index < -0.39 is 18.0 Å². The first-order valence-corrected chi connectivity index (χ1v) is 6.41. The minimum absolute atomic E-state index is 0.0155. The summed E-state index contributed by atoms with van der Waals surface area (Å²) in [4.78, 5) is 22.4. The Morgan fingerprint density at radius 1 is 1.39 bits per heavy atom. The molecule has 1 rings (SSSR count). The molecular weight excluding hydrogens is 236 g/mol. The minimum atomic E-state index is -1.13. The Bertz CT molecular complexity index is 297. The maximum absolute atomic E-state index is 11.6. The fourth-order valence-electron chi connectivity index (χ4n) is 2.20. The summed E-state index contributed by atoms with van der Waals surface area (Å²) in [5, 5.41) is 22.6. The molecule has 1 saturated carbocycles. The van der Waals surface area contributed by atoms with Gasteiger partial charge in [0.1, 0.15) is 6.04 Å². The first kappa shape index (κ1) is 14.8. The van der Waals surface area contributed by atoms with Crippen LogP contribution in [0, 0.1) is 5.41 Å². The number of urea groups is 1. The number of amides is 2. The highest BCUT2D eigenvalue weighted by Gasteiger charge is 2.35. The summed E-state index contributed by atoms with van der Waals surface area (Å²) in [7, 11) is 0. The van der Waals surface area contributed by atoms with Crippen molar-refractivity contribution in [3.8, 4) is 0 Å². The molecule has 6 heteroatoms. The first-order valence-electron chi connectivity index (χ1n) is 6.41. The smallest absolute Gasteiger partial charge is 0.326 e. The minimum Gasteiger partial charge on any atom is -0.480 e. The van der Waals surface area contributed by atoms with Crippen LogP contribution in [0.5, 0.6) is 0 Å². The van der Waals surface area contributed by atoms with Crippen LogP contribution in [-0.2, 0) is 4.79 Å². The SMILES string of the molecule is CCC1(CNC(=O)N[C@H](CCO)C(=O)O)CCC1. The Morgan fingerprint density at radius 3 is 2.44 bits per heavy atom. The third-order valence-corrected chi connectivity index (χ3v) is 3.81. The van der Waals surface area contributed by atoms with Gasteiger partial charge in [-0.05, 0) is 24.7 Å². The van der Waals surface area contributed by atoms with E-state index in [1.807, 2.05) is 0 Å². The van der Waals surface area contributed by atoms with Crippen molar-refractivity contribution in [3.63, 3.8) is 0 Å². The average Bonchev–Trinajstić information content (AvgIpc) is 2.27. The van der Waals surface area contributed by atoms with Crippen LogP contribution in [0.2, 0.25) is 0 Å². The number of hydrogen-bond acceptors (Lipinski definition) is 3. The highest BCUT2D eigenvalue weighted by atomic mass is 16.4. The Hall–Kier alpha value is -1.30. The van der Waals surface area contributed by atoms with E-state index in [1.165, 1.54) is 6.42 Å². The highest BCUT2D eigenvalue weighted by Crippen LogP contribution is 2.42. The van der Waals surface area contributed by atoms with Crippen molar-refractivity contribution in [3.05, 3.63) is 0 Å². The molecular formula is C12H22N2O4. The topological polar surface area (TPSA) is 98.7 Å². The molecule has 0 heterocycles. The molecule has 0 unspecified atom stereocenters. The Balaban J connectivity index is 2.33. The molecule has 0 bridgehead atoms. The number of carboxylic acid groups (broad SMARTS) is 1. The lowest BCUT2D eigenvalue weighted by Gasteiger charge is -2.41. The number of aliphatic carboxylic acids is 1. The summed E-state index contributed by atoms with van der Waals surface area (Å²) in [5.74, 6) is -1.13. The second-order valence-corrected chi connectivity index (χ2v) is 4.94. The standard InChI is InChI=1S/C12H22N2O4/c1-2-12(5-3-6-12)8-13-11(18)14-9(4-7-15)10(16)17/h9,15H,2-8H2,1H3,(H,16,17)(H2,13,14,18)/t9-/m1/s1. The van der Waals surface area contributed by atoms with Gasteiger partial charge in [-0.3, -0.25) is 0 Å². The molecule has 0 spiro atoms. The van der Waals surface area contributed by atoms with Crippen molar-refractivity contribution >= 4 is 12.0 Å². The van der Waals surface area contributed by atoms with Gasteiger partial charge in [0, 0.05) is 19.6 Å². The van der Waals surface area contributed by atoms with Gasteiger partial charge >= 0.3 is 12.0 Å². The molecule has 1 aliphatic carbocycles. The van der Waals surface area contributed by atoms with Crippen LogP contribution in [0.4, 0.5) is 4.79 Å². The lowest BCUT2D eigenvalue weighted by molar-refractivity contribution is -0.139. The molecule has 1 fully saturated rings. The molecule has 6 nitrogen and oxygen atoms in total. The summed E-state index contributed by atoms with van der Waals surface area (Å²) in [6.07, 6.45) is 4.46. The molecule has 1 aliphatic rings. The molecule has 0 radical (unpaired) electrons. The highest BCUT2D eigenvalue weighted by molar-refractivity contribution is 5.82. The van der Waals surface area contributed by atoms with E-state index in [-0.39, 0.29) is 18.4 Å². The average molecular weight is 258 g/mol. The number of aliphatic hydroxyl groups excluding tert-OH is 1. The van der Waals surface area contributed by atoms with Gasteiger partial charge in [-0.2, -0.15) is 0 Å².